The number of alkyl halides is 2. The molecule has 0 radical (unpaired) electrons. The molecule has 0 bridgehead atoms. The second-order valence-corrected chi connectivity index (χ2v) is 10.1. The topological polar surface area (TPSA) is 9.23 Å². The number of rotatable bonds is 10. The minimum absolute atomic E-state index is 0.0306. The maximum absolute atomic E-state index is 15.1. The first-order valence-electron chi connectivity index (χ1n) is 13.2. The highest BCUT2D eigenvalue weighted by molar-refractivity contribution is 5.70. The lowest BCUT2D eigenvalue weighted by Gasteiger charge is -2.29. The van der Waals surface area contributed by atoms with Crippen molar-refractivity contribution in [2.24, 2.45) is 5.92 Å². The van der Waals surface area contributed by atoms with Gasteiger partial charge in [-0.05, 0) is 79.0 Å². The Morgan fingerprint density at radius 2 is 1.46 bits per heavy atom. The Hall–Kier alpha value is -2.89. The second-order valence-electron chi connectivity index (χ2n) is 10.1. The molecular weight excluding hydrogens is 483 g/mol. The van der Waals surface area contributed by atoms with Crippen molar-refractivity contribution >= 4 is 0 Å². The van der Waals surface area contributed by atoms with Gasteiger partial charge < -0.3 is 4.74 Å². The van der Waals surface area contributed by atoms with Gasteiger partial charge in [0.05, 0.1) is 5.56 Å². The summed E-state index contributed by atoms with van der Waals surface area (Å²) >= 11 is 0. The third-order valence-corrected chi connectivity index (χ3v) is 7.45. The molecule has 0 amide bonds. The predicted octanol–water partition coefficient (Wildman–Crippen LogP) is 10.1. The van der Waals surface area contributed by atoms with E-state index in [0.717, 1.165) is 36.5 Å². The van der Waals surface area contributed by atoms with Gasteiger partial charge in [-0.1, -0.05) is 69.4 Å². The Bertz CT molecular complexity index is 1140. The SMILES string of the molecule is CCCCCC[C@H]1CC[C@H](c2ccc(C(F)(F)Oc3ccccc3-c3cc(F)c(F)c(F)c3)cc2)CC1. The molecule has 0 saturated heterocycles. The summed E-state index contributed by atoms with van der Waals surface area (Å²) in [6.45, 7) is 2.22. The van der Waals surface area contributed by atoms with Crippen molar-refractivity contribution < 1.29 is 26.7 Å². The van der Waals surface area contributed by atoms with Gasteiger partial charge in [-0.25, -0.2) is 13.2 Å². The molecule has 0 aromatic heterocycles. The van der Waals surface area contributed by atoms with Gasteiger partial charge in [0.15, 0.2) is 17.5 Å². The van der Waals surface area contributed by atoms with Crippen molar-refractivity contribution in [3.05, 3.63) is 89.2 Å². The lowest BCUT2D eigenvalue weighted by Crippen LogP contribution is -2.22. The van der Waals surface area contributed by atoms with Gasteiger partial charge in [0.25, 0.3) is 0 Å². The summed E-state index contributed by atoms with van der Waals surface area (Å²) in [6, 6.07) is 13.4. The molecule has 6 heteroatoms. The highest BCUT2D eigenvalue weighted by Gasteiger charge is 2.35. The van der Waals surface area contributed by atoms with E-state index in [4.69, 9.17) is 4.74 Å². The van der Waals surface area contributed by atoms with Crippen LogP contribution in [0.2, 0.25) is 0 Å². The smallest absolute Gasteiger partial charge is 0.426 e. The first-order valence-corrected chi connectivity index (χ1v) is 13.2. The van der Waals surface area contributed by atoms with Crippen LogP contribution in [-0.2, 0) is 6.11 Å². The largest absolute Gasteiger partial charge is 0.428 e. The van der Waals surface area contributed by atoms with Gasteiger partial charge in [0.1, 0.15) is 5.75 Å². The number of benzene rings is 3. The zero-order valence-corrected chi connectivity index (χ0v) is 21.1. The molecule has 0 N–H and O–H groups in total. The van der Waals surface area contributed by atoms with Crippen LogP contribution in [-0.4, -0.2) is 0 Å². The van der Waals surface area contributed by atoms with E-state index in [1.54, 1.807) is 12.1 Å². The summed E-state index contributed by atoms with van der Waals surface area (Å²) in [5, 5.41) is 0. The van der Waals surface area contributed by atoms with Crippen LogP contribution in [0.3, 0.4) is 0 Å². The highest BCUT2D eigenvalue weighted by Crippen LogP contribution is 2.40. The van der Waals surface area contributed by atoms with Crippen molar-refractivity contribution in [3.63, 3.8) is 0 Å². The van der Waals surface area contributed by atoms with Crippen molar-refractivity contribution in [1.82, 2.24) is 0 Å². The second kappa shape index (κ2) is 12.1. The van der Waals surface area contributed by atoms with Crippen LogP contribution in [0.25, 0.3) is 11.1 Å². The Morgan fingerprint density at radius 1 is 0.811 bits per heavy atom. The molecule has 4 rings (SSSR count). The van der Waals surface area contributed by atoms with Gasteiger partial charge in [-0.15, -0.1) is 0 Å². The first kappa shape index (κ1) is 27.2. The quantitative estimate of drug-likeness (QED) is 0.148. The van der Waals surface area contributed by atoms with Crippen LogP contribution in [0.4, 0.5) is 22.0 Å². The van der Waals surface area contributed by atoms with Gasteiger partial charge >= 0.3 is 6.11 Å². The lowest BCUT2D eigenvalue weighted by molar-refractivity contribution is -0.185. The minimum atomic E-state index is -3.68. The Labute approximate surface area is 215 Å². The van der Waals surface area contributed by atoms with E-state index in [1.807, 2.05) is 0 Å². The van der Waals surface area contributed by atoms with Crippen LogP contribution in [0, 0.1) is 23.4 Å². The molecule has 37 heavy (non-hydrogen) atoms. The van der Waals surface area contributed by atoms with E-state index in [0.29, 0.717) is 5.92 Å². The summed E-state index contributed by atoms with van der Waals surface area (Å²) in [7, 11) is 0. The minimum Gasteiger partial charge on any atom is -0.428 e. The Morgan fingerprint density at radius 3 is 2.11 bits per heavy atom. The van der Waals surface area contributed by atoms with Gasteiger partial charge in [0, 0.05) is 5.56 Å². The van der Waals surface area contributed by atoms with Crippen molar-refractivity contribution in [3.8, 4) is 16.9 Å². The third kappa shape index (κ3) is 6.71. The van der Waals surface area contributed by atoms with E-state index >= 15 is 8.78 Å². The fraction of sp³-hybridized carbons (Fsp3) is 0.419. The summed E-state index contributed by atoms with van der Waals surface area (Å²) in [5.41, 5.74) is 0.677. The monoisotopic (exact) mass is 516 g/mol. The Kier molecular flexibility index (Phi) is 8.88. The maximum Gasteiger partial charge on any atom is 0.426 e. The summed E-state index contributed by atoms with van der Waals surface area (Å²) in [6.07, 6.45) is 7.25. The number of halogens is 5. The average Bonchev–Trinajstić information content (AvgIpc) is 2.90. The molecule has 0 spiro atoms. The number of unbranched alkanes of at least 4 members (excludes halogenated alkanes) is 3. The molecule has 1 aliphatic rings. The molecule has 0 unspecified atom stereocenters. The first-order chi connectivity index (χ1) is 17.8. The van der Waals surface area contributed by atoms with Crippen molar-refractivity contribution in [1.29, 1.82) is 0 Å². The van der Waals surface area contributed by atoms with Gasteiger partial charge in [-0.2, -0.15) is 8.78 Å². The molecule has 198 valence electrons. The van der Waals surface area contributed by atoms with Crippen molar-refractivity contribution in [2.45, 2.75) is 76.7 Å². The molecule has 1 nitrogen and oxygen atoms in total. The number of hydrogen-bond donors (Lipinski definition) is 0. The zero-order chi connectivity index (χ0) is 26.4. The Balaban J connectivity index is 1.42. The maximum atomic E-state index is 15.1. The van der Waals surface area contributed by atoms with Crippen LogP contribution >= 0.6 is 0 Å². The van der Waals surface area contributed by atoms with E-state index in [2.05, 4.69) is 6.92 Å². The van der Waals surface area contributed by atoms with Crippen LogP contribution in [0.1, 0.15) is 81.8 Å². The average molecular weight is 517 g/mol. The van der Waals surface area contributed by atoms with E-state index in [-0.39, 0.29) is 22.4 Å². The van der Waals surface area contributed by atoms with Crippen LogP contribution in [0.5, 0.6) is 5.75 Å². The fourth-order valence-corrected chi connectivity index (χ4v) is 5.30. The van der Waals surface area contributed by atoms with E-state index in [9.17, 15) is 13.2 Å². The third-order valence-electron chi connectivity index (χ3n) is 7.45. The standard InChI is InChI=1S/C31H33F5O/c1-2-3-4-5-8-21-11-13-22(14-12-21)23-15-17-25(18-16-23)31(35,36)37-29-10-7-6-9-26(29)24-19-27(32)30(34)28(33)20-24/h6-7,9-10,15-22H,2-5,8,11-14H2,1H3/t21-,22-. The lowest BCUT2D eigenvalue weighted by atomic mass is 9.77. The van der Waals surface area contributed by atoms with Crippen LogP contribution in [0.15, 0.2) is 60.7 Å². The van der Waals surface area contributed by atoms with Crippen LogP contribution < -0.4 is 4.74 Å². The molecule has 3 aromatic carbocycles. The summed E-state index contributed by atoms with van der Waals surface area (Å²) in [5.74, 6) is -3.55. The van der Waals surface area contributed by atoms with E-state index < -0.39 is 23.6 Å². The number of ether oxygens (including phenoxy) is 1. The summed E-state index contributed by atoms with van der Waals surface area (Å²) in [4.78, 5) is 0. The molecule has 1 fully saturated rings. The molecule has 0 heterocycles. The van der Waals surface area contributed by atoms with E-state index in [1.165, 1.54) is 81.3 Å². The fourth-order valence-electron chi connectivity index (χ4n) is 5.30. The predicted molar refractivity (Wildman–Crippen MR) is 136 cm³/mol. The number of para-hydroxylation sites is 1. The normalized spacial score (nSPS) is 18.1. The molecule has 3 aromatic rings. The van der Waals surface area contributed by atoms with Crippen molar-refractivity contribution in [2.75, 3.05) is 0 Å². The molecule has 0 aliphatic heterocycles. The molecule has 1 saturated carbocycles. The molecular formula is C31H33F5O. The van der Waals surface area contributed by atoms with Gasteiger partial charge in [0.2, 0.25) is 0 Å². The molecule has 0 atom stereocenters. The highest BCUT2D eigenvalue weighted by atomic mass is 19.3. The zero-order valence-electron chi connectivity index (χ0n) is 21.1. The molecule has 1 aliphatic carbocycles. The summed E-state index contributed by atoms with van der Waals surface area (Å²) < 4.78 is 76.2. The number of hydrogen-bond acceptors (Lipinski definition) is 1. The van der Waals surface area contributed by atoms with Gasteiger partial charge in [-0.3, -0.25) is 0 Å².